The van der Waals surface area contributed by atoms with E-state index in [2.05, 4.69) is 44.5 Å². The van der Waals surface area contributed by atoms with E-state index in [1.165, 1.54) is 32.5 Å². The summed E-state index contributed by atoms with van der Waals surface area (Å²) in [5, 5.41) is 10.8. The quantitative estimate of drug-likeness (QED) is 0.383. The first-order valence-corrected chi connectivity index (χ1v) is 8.30. The highest BCUT2D eigenvalue weighted by Gasteiger charge is 2.21. The van der Waals surface area contributed by atoms with Crippen molar-refractivity contribution in [2.45, 2.75) is 33.2 Å². The van der Waals surface area contributed by atoms with Gasteiger partial charge < -0.3 is 15.5 Å². The van der Waals surface area contributed by atoms with Gasteiger partial charge in [-0.15, -0.1) is 24.0 Å². The topological polar surface area (TPSA) is 70.4 Å². The molecule has 0 aliphatic carbocycles. The van der Waals surface area contributed by atoms with Gasteiger partial charge in [-0.05, 0) is 38.8 Å². The Morgan fingerprint density at radius 3 is 2.87 bits per heavy atom. The fourth-order valence-corrected chi connectivity index (χ4v) is 2.79. The molecule has 0 radical (unpaired) electrons. The summed E-state index contributed by atoms with van der Waals surface area (Å²) in [5.41, 5.74) is 0. The molecule has 1 fully saturated rings. The summed E-state index contributed by atoms with van der Waals surface area (Å²) in [5.74, 6) is 2.44. The highest BCUT2D eigenvalue weighted by molar-refractivity contribution is 14.0. The summed E-state index contributed by atoms with van der Waals surface area (Å²) < 4.78 is 1.76. The van der Waals surface area contributed by atoms with Crippen molar-refractivity contribution in [1.82, 2.24) is 30.3 Å². The van der Waals surface area contributed by atoms with Crippen LogP contribution in [0.1, 0.15) is 32.5 Å². The van der Waals surface area contributed by atoms with Crippen LogP contribution in [-0.4, -0.2) is 58.3 Å². The van der Waals surface area contributed by atoms with Gasteiger partial charge in [-0.3, -0.25) is 4.68 Å². The summed E-state index contributed by atoms with van der Waals surface area (Å²) in [6.45, 7) is 10.3. The Bertz CT molecular complexity index is 474. The van der Waals surface area contributed by atoms with Gasteiger partial charge in [0.1, 0.15) is 18.7 Å². The lowest BCUT2D eigenvalue weighted by Gasteiger charge is -2.16. The molecule has 23 heavy (non-hydrogen) atoms. The maximum atomic E-state index is 4.59. The van der Waals surface area contributed by atoms with Gasteiger partial charge >= 0.3 is 0 Å². The van der Waals surface area contributed by atoms with Crippen LogP contribution in [0.25, 0.3) is 0 Å². The molecule has 1 aliphatic rings. The number of rotatable bonds is 7. The van der Waals surface area contributed by atoms with Gasteiger partial charge in [0.2, 0.25) is 0 Å². The molecule has 1 aromatic rings. The molecule has 1 unspecified atom stereocenters. The van der Waals surface area contributed by atoms with Crippen LogP contribution in [-0.2, 0) is 13.6 Å². The molecule has 8 heteroatoms. The monoisotopic (exact) mass is 435 g/mol. The van der Waals surface area contributed by atoms with E-state index in [-0.39, 0.29) is 24.0 Å². The van der Waals surface area contributed by atoms with Gasteiger partial charge in [-0.1, -0.05) is 6.92 Å². The normalized spacial score (nSPS) is 18.7. The highest BCUT2D eigenvalue weighted by atomic mass is 127. The summed E-state index contributed by atoms with van der Waals surface area (Å²) in [4.78, 5) is 11.3. The predicted octanol–water partition coefficient (Wildman–Crippen LogP) is 1.22. The standard InChI is InChI=1S/C15H29N7.HI/c1-4-7-22-8-6-13(11-22)9-17-15(16-5-2)18-10-14-19-12-20-21(14)3;/h12-13H,4-11H2,1-3H3,(H2,16,17,18);1H. The lowest BCUT2D eigenvalue weighted by molar-refractivity contribution is 0.324. The van der Waals surface area contributed by atoms with Crippen LogP contribution in [0, 0.1) is 5.92 Å². The van der Waals surface area contributed by atoms with Gasteiger partial charge in [0, 0.05) is 26.7 Å². The lowest BCUT2D eigenvalue weighted by atomic mass is 10.1. The van der Waals surface area contributed by atoms with E-state index in [9.17, 15) is 0 Å². The van der Waals surface area contributed by atoms with Crippen LogP contribution in [0.3, 0.4) is 0 Å². The van der Waals surface area contributed by atoms with Crippen LogP contribution in [0.5, 0.6) is 0 Å². The minimum Gasteiger partial charge on any atom is -0.357 e. The van der Waals surface area contributed by atoms with Crippen molar-refractivity contribution in [2.24, 2.45) is 18.0 Å². The van der Waals surface area contributed by atoms with Gasteiger partial charge in [0.05, 0.1) is 0 Å². The second-order valence-electron chi connectivity index (χ2n) is 5.83. The molecule has 2 heterocycles. The third-order valence-corrected chi connectivity index (χ3v) is 4.00. The largest absolute Gasteiger partial charge is 0.357 e. The highest BCUT2D eigenvalue weighted by Crippen LogP contribution is 2.15. The Balaban J connectivity index is 0.00000264. The minimum absolute atomic E-state index is 0. The zero-order valence-electron chi connectivity index (χ0n) is 14.5. The molecule has 0 spiro atoms. The number of aliphatic imine (C=N–C) groups is 1. The third kappa shape index (κ3) is 6.62. The Hall–Kier alpha value is -0.900. The molecule has 0 bridgehead atoms. The van der Waals surface area contributed by atoms with Gasteiger partial charge in [0.25, 0.3) is 0 Å². The van der Waals surface area contributed by atoms with E-state index in [4.69, 9.17) is 0 Å². The average molecular weight is 435 g/mol. The Morgan fingerprint density at radius 2 is 2.22 bits per heavy atom. The molecule has 0 saturated carbocycles. The number of nitrogens with zero attached hydrogens (tertiary/aromatic N) is 5. The fraction of sp³-hybridized carbons (Fsp3) is 0.800. The maximum Gasteiger partial charge on any atom is 0.191 e. The molecule has 0 amide bonds. The van der Waals surface area contributed by atoms with Crippen molar-refractivity contribution in [1.29, 1.82) is 0 Å². The molecule has 2 rings (SSSR count). The second kappa shape index (κ2) is 10.8. The number of nitrogens with one attached hydrogen (secondary N) is 2. The van der Waals surface area contributed by atoms with E-state index in [0.717, 1.165) is 24.9 Å². The first-order chi connectivity index (χ1) is 10.7. The molecule has 2 N–H and O–H groups in total. The van der Waals surface area contributed by atoms with E-state index in [0.29, 0.717) is 12.5 Å². The van der Waals surface area contributed by atoms with Crippen molar-refractivity contribution < 1.29 is 0 Å². The summed E-state index contributed by atoms with van der Waals surface area (Å²) >= 11 is 0. The predicted molar refractivity (Wildman–Crippen MR) is 104 cm³/mol. The maximum absolute atomic E-state index is 4.59. The van der Waals surface area contributed by atoms with Crippen molar-refractivity contribution >= 4 is 29.9 Å². The fourth-order valence-electron chi connectivity index (χ4n) is 2.79. The number of likely N-dealkylation sites (tertiary alicyclic amines) is 1. The molecule has 132 valence electrons. The molecule has 1 aromatic heterocycles. The van der Waals surface area contributed by atoms with Crippen LogP contribution in [0.2, 0.25) is 0 Å². The van der Waals surface area contributed by atoms with Gasteiger partial charge in [-0.25, -0.2) is 9.98 Å². The summed E-state index contributed by atoms with van der Waals surface area (Å²) in [6, 6.07) is 0. The van der Waals surface area contributed by atoms with Crippen molar-refractivity contribution in [3.05, 3.63) is 12.2 Å². The van der Waals surface area contributed by atoms with E-state index in [1.54, 1.807) is 11.0 Å². The van der Waals surface area contributed by atoms with Crippen LogP contribution < -0.4 is 10.6 Å². The number of hydrogen-bond donors (Lipinski definition) is 2. The van der Waals surface area contributed by atoms with Crippen molar-refractivity contribution in [2.75, 3.05) is 32.7 Å². The number of hydrogen-bond acceptors (Lipinski definition) is 4. The van der Waals surface area contributed by atoms with Gasteiger partial charge in [0.15, 0.2) is 5.96 Å². The first-order valence-electron chi connectivity index (χ1n) is 8.30. The number of aromatic nitrogens is 3. The Labute approximate surface area is 156 Å². The summed E-state index contributed by atoms with van der Waals surface area (Å²) in [6.07, 6.45) is 4.07. The molecule has 7 nitrogen and oxygen atoms in total. The zero-order chi connectivity index (χ0) is 15.8. The number of guanidine groups is 1. The van der Waals surface area contributed by atoms with E-state index in [1.807, 2.05) is 7.05 Å². The lowest BCUT2D eigenvalue weighted by Crippen LogP contribution is -2.40. The molecule has 0 aromatic carbocycles. The van der Waals surface area contributed by atoms with E-state index >= 15 is 0 Å². The molecular weight excluding hydrogens is 405 g/mol. The van der Waals surface area contributed by atoms with Crippen LogP contribution in [0.4, 0.5) is 0 Å². The molecule has 1 saturated heterocycles. The average Bonchev–Trinajstić information content (AvgIpc) is 3.12. The van der Waals surface area contributed by atoms with Crippen LogP contribution in [0.15, 0.2) is 11.3 Å². The van der Waals surface area contributed by atoms with E-state index < -0.39 is 0 Å². The zero-order valence-corrected chi connectivity index (χ0v) is 16.8. The van der Waals surface area contributed by atoms with Crippen LogP contribution >= 0.6 is 24.0 Å². The molecule has 1 aliphatic heterocycles. The minimum atomic E-state index is 0. The smallest absolute Gasteiger partial charge is 0.191 e. The van der Waals surface area contributed by atoms with Crippen molar-refractivity contribution in [3.8, 4) is 0 Å². The Morgan fingerprint density at radius 1 is 1.39 bits per heavy atom. The molecule has 1 atom stereocenters. The first kappa shape index (κ1) is 20.1. The number of halogens is 1. The van der Waals surface area contributed by atoms with Crippen molar-refractivity contribution in [3.63, 3.8) is 0 Å². The molecular formula is C15H30IN7. The third-order valence-electron chi connectivity index (χ3n) is 4.00. The van der Waals surface area contributed by atoms with Gasteiger partial charge in [-0.2, -0.15) is 5.10 Å². The second-order valence-corrected chi connectivity index (χ2v) is 5.83. The SMILES string of the molecule is CCCN1CCC(CNC(=NCc2ncnn2C)NCC)C1.I. The Kier molecular flexibility index (Phi) is 9.46. The summed E-state index contributed by atoms with van der Waals surface area (Å²) in [7, 11) is 1.89. The number of aryl methyl sites for hydroxylation is 1.